The van der Waals surface area contributed by atoms with Crippen molar-refractivity contribution in [2.75, 3.05) is 12.3 Å². The van der Waals surface area contributed by atoms with Crippen LogP contribution in [0.2, 0.25) is 0 Å². The van der Waals surface area contributed by atoms with E-state index in [1.807, 2.05) is 30.5 Å². The van der Waals surface area contributed by atoms with Crippen molar-refractivity contribution in [3.63, 3.8) is 0 Å². The first-order chi connectivity index (χ1) is 8.19. The molecule has 1 aromatic heterocycles. The minimum Gasteiger partial charge on any atom is -0.399 e. The van der Waals surface area contributed by atoms with Gasteiger partial charge in [-0.1, -0.05) is 12.1 Å². The second kappa shape index (κ2) is 4.99. The summed E-state index contributed by atoms with van der Waals surface area (Å²) < 4.78 is 1.60. The summed E-state index contributed by atoms with van der Waals surface area (Å²) in [5.74, 6) is 0. The molecule has 1 unspecified atom stereocenters. The summed E-state index contributed by atoms with van der Waals surface area (Å²) in [6, 6.07) is 7.49. The standard InChI is InChI=1S/C12H15N3O2/c13-11-3-1-9(2-4-11)10-5-14-15(6-10)7-12(17)8-16/h1-6,12,16-17H,7-8,13H2. The third-order valence-corrected chi connectivity index (χ3v) is 2.49. The number of aliphatic hydroxyl groups is 2. The lowest BCUT2D eigenvalue weighted by Crippen LogP contribution is -2.19. The number of hydrogen-bond acceptors (Lipinski definition) is 4. The lowest BCUT2D eigenvalue weighted by atomic mass is 10.1. The van der Waals surface area contributed by atoms with Gasteiger partial charge < -0.3 is 15.9 Å². The number of aromatic nitrogens is 2. The molecule has 90 valence electrons. The average Bonchev–Trinajstić information content (AvgIpc) is 2.78. The SMILES string of the molecule is Nc1ccc(-c2cnn(CC(O)CO)c2)cc1. The van der Waals surface area contributed by atoms with Crippen molar-refractivity contribution >= 4 is 5.69 Å². The molecule has 0 aliphatic carbocycles. The van der Waals surface area contributed by atoms with E-state index in [2.05, 4.69) is 5.10 Å². The van der Waals surface area contributed by atoms with Gasteiger partial charge in [-0.2, -0.15) is 5.10 Å². The molecule has 2 aromatic rings. The summed E-state index contributed by atoms with van der Waals surface area (Å²) in [6.07, 6.45) is 2.76. The Labute approximate surface area is 99.1 Å². The van der Waals surface area contributed by atoms with E-state index in [0.717, 1.165) is 16.8 Å². The van der Waals surface area contributed by atoms with Crippen LogP contribution in [0.4, 0.5) is 5.69 Å². The number of rotatable bonds is 4. The summed E-state index contributed by atoms with van der Waals surface area (Å²) in [7, 11) is 0. The van der Waals surface area contributed by atoms with Crippen LogP contribution < -0.4 is 5.73 Å². The third-order valence-electron chi connectivity index (χ3n) is 2.49. The van der Waals surface area contributed by atoms with Crippen LogP contribution in [0.5, 0.6) is 0 Å². The minimum atomic E-state index is -0.783. The molecule has 1 atom stereocenters. The Kier molecular flexibility index (Phi) is 3.41. The highest BCUT2D eigenvalue weighted by Crippen LogP contribution is 2.19. The van der Waals surface area contributed by atoms with Crippen molar-refractivity contribution in [1.29, 1.82) is 0 Å². The van der Waals surface area contributed by atoms with Gasteiger partial charge in [-0.15, -0.1) is 0 Å². The van der Waals surface area contributed by atoms with Gasteiger partial charge >= 0.3 is 0 Å². The third kappa shape index (κ3) is 2.83. The maximum atomic E-state index is 9.30. The second-order valence-electron chi connectivity index (χ2n) is 3.91. The first-order valence-electron chi connectivity index (χ1n) is 5.36. The van der Waals surface area contributed by atoms with E-state index in [4.69, 9.17) is 10.8 Å². The summed E-state index contributed by atoms with van der Waals surface area (Å²) in [5.41, 5.74) is 8.30. The van der Waals surface area contributed by atoms with Gasteiger partial charge in [-0.3, -0.25) is 4.68 Å². The van der Waals surface area contributed by atoms with Crippen molar-refractivity contribution in [3.05, 3.63) is 36.7 Å². The highest BCUT2D eigenvalue weighted by atomic mass is 16.3. The summed E-state index contributed by atoms with van der Waals surface area (Å²) in [5, 5.41) is 22.2. The van der Waals surface area contributed by atoms with Gasteiger partial charge in [-0.05, 0) is 17.7 Å². The topological polar surface area (TPSA) is 84.3 Å². The molecule has 4 N–H and O–H groups in total. The van der Waals surface area contributed by atoms with Gasteiger partial charge in [0.05, 0.1) is 25.5 Å². The normalized spacial score (nSPS) is 12.6. The highest BCUT2D eigenvalue weighted by molar-refractivity contribution is 5.63. The summed E-state index contributed by atoms with van der Waals surface area (Å²) >= 11 is 0. The van der Waals surface area contributed by atoms with Crippen LogP contribution in [0.15, 0.2) is 36.7 Å². The van der Waals surface area contributed by atoms with Gasteiger partial charge in [0.1, 0.15) is 0 Å². The van der Waals surface area contributed by atoms with Crippen LogP contribution in [0.1, 0.15) is 0 Å². The molecule has 0 saturated heterocycles. The molecule has 0 fully saturated rings. The van der Waals surface area contributed by atoms with Crippen molar-refractivity contribution in [3.8, 4) is 11.1 Å². The highest BCUT2D eigenvalue weighted by Gasteiger charge is 2.06. The van der Waals surface area contributed by atoms with Crippen LogP contribution in [-0.2, 0) is 6.54 Å². The average molecular weight is 233 g/mol. The van der Waals surface area contributed by atoms with Crippen molar-refractivity contribution in [2.45, 2.75) is 12.6 Å². The second-order valence-corrected chi connectivity index (χ2v) is 3.91. The fourth-order valence-corrected chi connectivity index (χ4v) is 1.56. The monoisotopic (exact) mass is 233 g/mol. The molecule has 0 radical (unpaired) electrons. The molecule has 0 saturated carbocycles. The number of nitrogens with zero attached hydrogens (tertiary/aromatic N) is 2. The van der Waals surface area contributed by atoms with Crippen molar-refractivity contribution in [2.24, 2.45) is 0 Å². The number of benzene rings is 1. The Morgan fingerprint density at radius 1 is 1.24 bits per heavy atom. The zero-order valence-corrected chi connectivity index (χ0v) is 9.32. The van der Waals surface area contributed by atoms with Crippen LogP contribution >= 0.6 is 0 Å². The predicted molar refractivity (Wildman–Crippen MR) is 65.2 cm³/mol. The largest absolute Gasteiger partial charge is 0.399 e. The fourth-order valence-electron chi connectivity index (χ4n) is 1.56. The number of nitrogens with two attached hydrogens (primary N) is 1. The van der Waals surface area contributed by atoms with Gasteiger partial charge in [0.2, 0.25) is 0 Å². The van der Waals surface area contributed by atoms with E-state index >= 15 is 0 Å². The number of hydrogen-bond donors (Lipinski definition) is 3. The molecule has 5 nitrogen and oxygen atoms in total. The first kappa shape index (κ1) is 11.6. The number of aliphatic hydroxyl groups excluding tert-OH is 2. The van der Waals surface area contributed by atoms with Gasteiger partial charge in [0.15, 0.2) is 0 Å². The molecular weight excluding hydrogens is 218 g/mol. The van der Waals surface area contributed by atoms with E-state index in [-0.39, 0.29) is 13.2 Å². The molecule has 0 aliphatic rings. The Hall–Kier alpha value is -1.85. The van der Waals surface area contributed by atoms with Crippen molar-refractivity contribution in [1.82, 2.24) is 9.78 Å². The maximum absolute atomic E-state index is 9.30. The van der Waals surface area contributed by atoms with Gasteiger partial charge in [0.25, 0.3) is 0 Å². The Morgan fingerprint density at radius 3 is 2.59 bits per heavy atom. The maximum Gasteiger partial charge on any atom is 0.0966 e. The molecule has 5 heteroatoms. The Balaban J connectivity index is 2.15. The predicted octanol–water partition coefficient (Wildman–Crippen LogP) is 0.485. The van der Waals surface area contributed by atoms with Gasteiger partial charge in [-0.25, -0.2) is 0 Å². The lowest BCUT2D eigenvalue weighted by molar-refractivity contribution is 0.0783. The number of nitrogen functional groups attached to an aromatic ring is 1. The first-order valence-corrected chi connectivity index (χ1v) is 5.36. The van der Waals surface area contributed by atoms with Crippen LogP contribution in [-0.4, -0.2) is 32.7 Å². The summed E-state index contributed by atoms with van der Waals surface area (Å²) in [6.45, 7) is 0.0164. The van der Waals surface area contributed by atoms with Crippen molar-refractivity contribution < 1.29 is 10.2 Å². The lowest BCUT2D eigenvalue weighted by Gasteiger charge is -2.05. The molecule has 1 aromatic carbocycles. The van der Waals surface area contributed by atoms with E-state index in [1.54, 1.807) is 10.9 Å². The van der Waals surface area contributed by atoms with E-state index < -0.39 is 6.10 Å². The molecule has 2 rings (SSSR count). The van der Waals surface area contributed by atoms with E-state index in [9.17, 15) is 5.11 Å². The zero-order chi connectivity index (χ0) is 12.3. The molecule has 0 aliphatic heterocycles. The molecule has 0 spiro atoms. The molecule has 1 heterocycles. The van der Waals surface area contributed by atoms with Crippen LogP contribution in [0, 0.1) is 0 Å². The van der Waals surface area contributed by atoms with Gasteiger partial charge in [0, 0.05) is 17.4 Å². The summed E-state index contributed by atoms with van der Waals surface area (Å²) in [4.78, 5) is 0. The van der Waals surface area contributed by atoms with E-state index in [0.29, 0.717) is 0 Å². The smallest absolute Gasteiger partial charge is 0.0966 e. The van der Waals surface area contributed by atoms with Crippen LogP contribution in [0.25, 0.3) is 11.1 Å². The molecule has 0 bridgehead atoms. The molecular formula is C12H15N3O2. The van der Waals surface area contributed by atoms with Crippen LogP contribution in [0.3, 0.4) is 0 Å². The minimum absolute atomic E-state index is 0.267. The Morgan fingerprint density at radius 2 is 1.94 bits per heavy atom. The molecule has 0 amide bonds. The molecule has 17 heavy (non-hydrogen) atoms. The Bertz CT molecular complexity index is 479. The quantitative estimate of drug-likeness (QED) is 0.671. The number of anilines is 1. The van der Waals surface area contributed by atoms with E-state index in [1.165, 1.54) is 0 Å². The zero-order valence-electron chi connectivity index (χ0n) is 9.32. The fraction of sp³-hybridized carbons (Fsp3) is 0.250.